The van der Waals surface area contributed by atoms with Crippen LogP contribution in [0.15, 0.2) is 29.8 Å². The van der Waals surface area contributed by atoms with E-state index in [-0.39, 0.29) is 11.8 Å². The minimum atomic E-state index is 0.223. The van der Waals surface area contributed by atoms with Crippen LogP contribution in [-0.2, 0) is 0 Å². The molecular formula is C17H21NO. The standard InChI is InChI=1S/C17H21NO/c1-12-9-10-16-14(11-12)17(19)13-7-5-3-2-4-6-8-15(13)18-16/h7,9-11,15,18H,2-6,8H2,1H3/b13-7+. The number of Topliss-reactive ketones (excluding diaryl/α,β-unsaturated/α-hetero) is 1. The van der Waals surface area contributed by atoms with Gasteiger partial charge in [-0.25, -0.2) is 0 Å². The fraction of sp³-hybridized carbons (Fsp3) is 0.471. The first kappa shape index (κ1) is 12.5. The highest BCUT2D eigenvalue weighted by molar-refractivity contribution is 6.15. The van der Waals surface area contributed by atoms with Crippen LogP contribution < -0.4 is 5.32 Å². The van der Waals surface area contributed by atoms with E-state index < -0.39 is 0 Å². The first-order chi connectivity index (χ1) is 9.25. The molecule has 1 heterocycles. The summed E-state index contributed by atoms with van der Waals surface area (Å²) in [4.78, 5) is 12.7. The summed E-state index contributed by atoms with van der Waals surface area (Å²) in [5.41, 5.74) is 4.01. The molecule has 1 aliphatic carbocycles. The van der Waals surface area contributed by atoms with Gasteiger partial charge in [0.2, 0.25) is 0 Å². The lowest BCUT2D eigenvalue weighted by atomic mass is 9.88. The lowest BCUT2D eigenvalue weighted by Gasteiger charge is -2.29. The Morgan fingerprint density at radius 1 is 1.16 bits per heavy atom. The average molecular weight is 255 g/mol. The molecular weight excluding hydrogens is 234 g/mol. The number of anilines is 1. The van der Waals surface area contributed by atoms with E-state index in [0.717, 1.165) is 35.2 Å². The fourth-order valence-corrected chi connectivity index (χ4v) is 3.12. The number of fused-ring (bicyclic) bond motifs is 2. The Bertz CT molecular complexity index is 530. The molecule has 2 aliphatic rings. The van der Waals surface area contributed by atoms with Gasteiger partial charge in [-0.15, -0.1) is 0 Å². The van der Waals surface area contributed by atoms with Crippen molar-refractivity contribution in [3.8, 4) is 0 Å². The zero-order chi connectivity index (χ0) is 13.2. The third-order valence-corrected chi connectivity index (χ3v) is 4.20. The fourth-order valence-electron chi connectivity index (χ4n) is 3.12. The van der Waals surface area contributed by atoms with Crippen molar-refractivity contribution < 1.29 is 4.79 Å². The summed E-state index contributed by atoms with van der Waals surface area (Å²) in [5.74, 6) is 0.240. The first-order valence-electron chi connectivity index (χ1n) is 7.37. The van der Waals surface area contributed by atoms with E-state index >= 15 is 0 Å². The van der Waals surface area contributed by atoms with Crippen molar-refractivity contribution in [1.29, 1.82) is 0 Å². The number of ketones is 1. The van der Waals surface area contributed by atoms with Crippen LogP contribution in [0.2, 0.25) is 0 Å². The summed E-state index contributed by atoms with van der Waals surface area (Å²) in [6.45, 7) is 2.04. The molecule has 0 saturated heterocycles. The average Bonchev–Trinajstić information content (AvgIpc) is 2.52. The highest BCUT2D eigenvalue weighted by Crippen LogP contribution is 2.32. The van der Waals surface area contributed by atoms with Crippen LogP contribution in [0.3, 0.4) is 0 Å². The number of aryl methyl sites for hydroxylation is 1. The maximum Gasteiger partial charge on any atom is 0.192 e. The van der Waals surface area contributed by atoms with Crippen molar-refractivity contribution in [1.82, 2.24) is 0 Å². The largest absolute Gasteiger partial charge is 0.378 e. The highest BCUT2D eigenvalue weighted by atomic mass is 16.1. The molecule has 0 saturated carbocycles. The lowest BCUT2D eigenvalue weighted by Crippen LogP contribution is -2.32. The first-order valence-corrected chi connectivity index (χ1v) is 7.37. The molecule has 1 aromatic carbocycles. The summed E-state index contributed by atoms with van der Waals surface area (Å²) in [7, 11) is 0. The molecule has 3 rings (SSSR count). The van der Waals surface area contributed by atoms with E-state index in [1.165, 1.54) is 25.7 Å². The van der Waals surface area contributed by atoms with Gasteiger partial charge >= 0.3 is 0 Å². The molecule has 0 radical (unpaired) electrons. The van der Waals surface area contributed by atoms with Gasteiger partial charge in [0.25, 0.3) is 0 Å². The van der Waals surface area contributed by atoms with Gasteiger partial charge in [-0.3, -0.25) is 4.79 Å². The number of hydrogen-bond acceptors (Lipinski definition) is 2. The van der Waals surface area contributed by atoms with E-state index in [4.69, 9.17) is 0 Å². The number of benzene rings is 1. The Kier molecular flexibility index (Phi) is 3.41. The molecule has 1 aromatic rings. The topological polar surface area (TPSA) is 29.1 Å². The molecule has 0 fully saturated rings. The van der Waals surface area contributed by atoms with E-state index in [1.54, 1.807) is 0 Å². The molecule has 1 N–H and O–H groups in total. The van der Waals surface area contributed by atoms with Crippen LogP contribution in [0.4, 0.5) is 5.69 Å². The molecule has 2 nitrogen and oxygen atoms in total. The SMILES string of the molecule is Cc1ccc2c(c1)C(=O)/C1=C/CCCCCCC1N2. The van der Waals surface area contributed by atoms with Crippen molar-refractivity contribution >= 4 is 11.5 Å². The van der Waals surface area contributed by atoms with Crippen LogP contribution >= 0.6 is 0 Å². The maximum atomic E-state index is 12.7. The number of nitrogens with one attached hydrogen (secondary N) is 1. The maximum absolute atomic E-state index is 12.7. The van der Waals surface area contributed by atoms with Crippen LogP contribution in [0.5, 0.6) is 0 Å². The van der Waals surface area contributed by atoms with Crippen LogP contribution in [-0.4, -0.2) is 11.8 Å². The number of carbonyl (C=O) groups is 1. The van der Waals surface area contributed by atoms with Gasteiger partial charge in [0.05, 0.1) is 6.04 Å². The monoisotopic (exact) mass is 255 g/mol. The van der Waals surface area contributed by atoms with Crippen molar-refractivity contribution in [2.24, 2.45) is 0 Å². The molecule has 1 aliphatic heterocycles. The second-order valence-corrected chi connectivity index (χ2v) is 5.73. The minimum absolute atomic E-state index is 0.223. The van der Waals surface area contributed by atoms with Gasteiger partial charge in [-0.05, 0) is 38.3 Å². The quantitative estimate of drug-likeness (QED) is 0.750. The van der Waals surface area contributed by atoms with Crippen LogP contribution in [0.25, 0.3) is 0 Å². The van der Waals surface area contributed by atoms with E-state index in [0.29, 0.717) is 0 Å². The molecule has 2 heteroatoms. The molecule has 0 amide bonds. The van der Waals surface area contributed by atoms with Gasteiger partial charge in [0.15, 0.2) is 5.78 Å². The summed E-state index contributed by atoms with van der Waals surface area (Å²) in [6.07, 6.45) is 9.29. The van der Waals surface area contributed by atoms with E-state index in [9.17, 15) is 4.79 Å². The van der Waals surface area contributed by atoms with Crippen molar-refractivity contribution in [3.63, 3.8) is 0 Å². The van der Waals surface area contributed by atoms with Gasteiger partial charge < -0.3 is 5.32 Å². The second-order valence-electron chi connectivity index (χ2n) is 5.73. The Labute approximate surface area is 114 Å². The van der Waals surface area contributed by atoms with E-state index in [1.807, 2.05) is 19.1 Å². The van der Waals surface area contributed by atoms with E-state index in [2.05, 4.69) is 17.5 Å². The summed E-state index contributed by atoms with van der Waals surface area (Å²) >= 11 is 0. The highest BCUT2D eigenvalue weighted by Gasteiger charge is 2.29. The molecule has 100 valence electrons. The van der Waals surface area contributed by atoms with Crippen molar-refractivity contribution in [2.45, 2.75) is 51.5 Å². The molecule has 19 heavy (non-hydrogen) atoms. The molecule has 0 spiro atoms. The Balaban J connectivity index is 1.99. The number of carbonyl (C=O) groups excluding carboxylic acids is 1. The number of allylic oxidation sites excluding steroid dienone is 1. The Morgan fingerprint density at radius 2 is 2.00 bits per heavy atom. The molecule has 1 atom stereocenters. The Hall–Kier alpha value is -1.57. The third-order valence-electron chi connectivity index (χ3n) is 4.20. The molecule has 1 unspecified atom stereocenters. The zero-order valence-corrected chi connectivity index (χ0v) is 11.5. The van der Waals surface area contributed by atoms with Gasteiger partial charge in [-0.1, -0.05) is 37.0 Å². The van der Waals surface area contributed by atoms with Crippen LogP contribution in [0.1, 0.15) is 54.4 Å². The predicted octanol–water partition coefficient (Wildman–Crippen LogP) is 4.25. The lowest BCUT2D eigenvalue weighted by molar-refractivity contribution is 0.102. The molecule has 0 aromatic heterocycles. The van der Waals surface area contributed by atoms with Crippen LogP contribution in [0, 0.1) is 6.92 Å². The number of rotatable bonds is 0. The summed E-state index contributed by atoms with van der Waals surface area (Å²) in [5, 5.41) is 3.56. The Morgan fingerprint density at radius 3 is 2.89 bits per heavy atom. The minimum Gasteiger partial charge on any atom is -0.378 e. The zero-order valence-electron chi connectivity index (χ0n) is 11.5. The smallest absolute Gasteiger partial charge is 0.192 e. The number of hydrogen-bond donors (Lipinski definition) is 1. The van der Waals surface area contributed by atoms with Gasteiger partial charge in [0.1, 0.15) is 0 Å². The third kappa shape index (κ3) is 2.44. The van der Waals surface area contributed by atoms with Crippen molar-refractivity contribution in [2.75, 3.05) is 5.32 Å². The molecule has 0 bridgehead atoms. The van der Waals surface area contributed by atoms with Gasteiger partial charge in [-0.2, -0.15) is 0 Å². The summed E-state index contributed by atoms with van der Waals surface area (Å²) in [6, 6.07) is 6.35. The predicted molar refractivity (Wildman–Crippen MR) is 78.7 cm³/mol. The van der Waals surface area contributed by atoms with Gasteiger partial charge in [0, 0.05) is 16.8 Å². The van der Waals surface area contributed by atoms with Crippen molar-refractivity contribution in [3.05, 3.63) is 41.0 Å². The normalized spacial score (nSPS) is 25.8. The second kappa shape index (κ2) is 5.20. The summed E-state index contributed by atoms with van der Waals surface area (Å²) < 4.78 is 0.